The zero-order valence-corrected chi connectivity index (χ0v) is 16.8. The Morgan fingerprint density at radius 2 is 1.93 bits per heavy atom. The monoisotopic (exact) mass is 407 g/mol. The van der Waals surface area contributed by atoms with E-state index in [-0.39, 0.29) is 5.92 Å². The van der Waals surface area contributed by atoms with E-state index in [0.29, 0.717) is 13.2 Å². The molecule has 2 aromatic carbocycles. The minimum atomic E-state index is 0.242. The molecule has 1 N–H and O–H groups in total. The number of hydrogen-bond donors (Lipinski definition) is 1. The standard InChI is InChI=1S/C23H22ClN3O2/c24-16-4-5-17-18(11-25-19(17)10-16)23-22(26-13-27(23)12-14-1-2-14)15-3-6-20-21(9-15)29-8-7-28-20/h3-6,9-10,13-14,18,25H,1-2,7-8,11-12H2. The predicted octanol–water partition coefficient (Wildman–Crippen LogP) is 4.94. The number of halogens is 1. The first-order valence-electron chi connectivity index (χ1n) is 10.2. The van der Waals surface area contributed by atoms with Crippen LogP contribution in [-0.4, -0.2) is 29.3 Å². The van der Waals surface area contributed by atoms with Crippen molar-refractivity contribution >= 4 is 17.3 Å². The second-order valence-corrected chi connectivity index (χ2v) is 8.53. The molecule has 1 aliphatic carbocycles. The maximum Gasteiger partial charge on any atom is 0.162 e. The number of fused-ring (bicyclic) bond motifs is 2. The Kier molecular flexibility index (Phi) is 3.98. The third-order valence-corrected chi connectivity index (χ3v) is 6.30. The molecule has 5 nitrogen and oxygen atoms in total. The number of ether oxygens (including phenoxy) is 2. The van der Waals surface area contributed by atoms with Crippen molar-refractivity contribution in [3.8, 4) is 22.8 Å². The summed E-state index contributed by atoms with van der Waals surface area (Å²) < 4.78 is 13.9. The smallest absolute Gasteiger partial charge is 0.162 e. The van der Waals surface area contributed by atoms with Crippen LogP contribution in [-0.2, 0) is 6.54 Å². The average molecular weight is 408 g/mol. The number of nitrogens with zero attached hydrogens (tertiary/aromatic N) is 2. The van der Waals surface area contributed by atoms with Crippen LogP contribution < -0.4 is 14.8 Å². The highest BCUT2D eigenvalue weighted by Gasteiger charge is 2.32. The number of anilines is 1. The van der Waals surface area contributed by atoms with E-state index in [1.54, 1.807) is 0 Å². The molecule has 2 aliphatic heterocycles. The van der Waals surface area contributed by atoms with E-state index in [1.165, 1.54) is 24.1 Å². The zero-order valence-electron chi connectivity index (χ0n) is 16.0. The molecule has 6 heteroatoms. The number of rotatable bonds is 4. The summed E-state index contributed by atoms with van der Waals surface area (Å²) in [6.45, 7) is 3.07. The van der Waals surface area contributed by atoms with Gasteiger partial charge in [0.05, 0.1) is 17.7 Å². The number of nitrogens with one attached hydrogen (secondary N) is 1. The average Bonchev–Trinajstić information content (AvgIpc) is 3.32. The highest BCUT2D eigenvalue weighted by atomic mass is 35.5. The van der Waals surface area contributed by atoms with Gasteiger partial charge in [0, 0.05) is 35.3 Å². The van der Waals surface area contributed by atoms with Crippen molar-refractivity contribution in [1.29, 1.82) is 0 Å². The molecular weight excluding hydrogens is 386 g/mol. The molecule has 0 spiro atoms. The van der Waals surface area contributed by atoms with Gasteiger partial charge >= 0.3 is 0 Å². The Labute approximate surface area is 174 Å². The molecule has 1 atom stereocenters. The van der Waals surface area contributed by atoms with Crippen LogP contribution in [0, 0.1) is 5.92 Å². The van der Waals surface area contributed by atoms with E-state index in [0.717, 1.165) is 52.5 Å². The van der Waals surface area contributed by atoms with Gasteiger partial charge in [-0.05, 0) is 54.7 Å². The zero-order chi connectivity index (χ0) is 19.4. The van der Waals surface area contributed by atoms with Gasteiger partial charge in [-0.25, -0.2) is 4.98 Å². The topological polar surface area (TPSA) is 48.3 Å². The van der Waals surface area contributed by atoms with Crippen LogP contribution in [0.4, 0.5) is 5.69 Å². The third kappa shape index (κ3) is 3.04. The Morgan fingerprint density at radius 3 is 2.79 bits per heavy atom. The largest absolute Gasteiger partial charge is 0.486 e. The fourth-order valence-electron chi connectivity index (χ4n) is 4.45. The lowest BCUT2D eigenvalue weighted by atomic mass is 9.94. The quantitative estimate of drug-likeness (QED) is 0.665. The Bertz CT molecular complexity index is 1090. The van der Waals surface area contributed by atoms with Crippen molar-refractivity contribution in [2.75, 3.05) is 25.1 Å². The van der Waals surface area contributed by atoms with Gasteiger partial charge in [-0.2, -0.15) is 0 Å². The Morgan fingerprint density at radius 1 is 1.07 bits per heavy atom. The van der Waals surface area contributed by atoms with Gasteiger partial charge in [0.1, 0.15) is 13.2 Å². The molecule has 3 aromatic rings. The van der Waals surface area contributed by atoms with Crippen molar-refractivity contribution in [2.24, 2.45) is 5.92 Å². The second kappa shape index (κ2) is 6.70. The minimum absolute atomic E-state index is 0.242. The van der Waals surface area contributed by atoms with Crippen LogP contribution >= 0.6 is 11.6 Å². The van der Waals surface area contributed by atoms with Crippen LogP contribution in [0.15, 0.2) is 42.7 Å². The van der Waals surface area contributed by atoms with E-state index >= 15 is 0 Å². The maximum atomic E-state index is 6.22. The summed E-state index contributed by atoms with van der Waals surface area (Å²) in [5.74, 6) is 2.62. The van der Waals surface area contributed by atoms with Crippen molar-refractivity contribution in [1.82, 2.24) is 9.55 Å². The van der Waals surface area contributed by atoms with E-state index in [4.69, 9.17) is 26.1 Å². The number of imidazole rings is 1. The maximum absolute atomic E-state index is 6.22. The normalized spacial score (nSPS) is 19.7. The van der Waals surface area contributed by atoms with Crippen molar-refractivity contribution in [2.45, 2.75) is 25.3 Å². The lowest BCUT2D eigenvalue weighted by Crippen LogP contribution is -2.15. The summed E-state index contributed by atoms with van der Waals surface area (Å²) in [6, 6.07) is 12.3. The molecule has 0 amide bonds. The molecule has 29 heavy (non-hydrogen) atoms. The molecule has 1 unspecified atom stereocenters. The molecule has 3 heterocycles. The molecule has 0 saturated heterocycles. The number of hydrogen-bond acceptors (Lipinski definition) is 4. The number of benzene rings is 2. The van der Waals surface area contributed by atoms with Gasteiger partial charge in [-0.15, -0.1) is 0 Å². The van der Waals surface area contributed by atoms with Crippen LogP contribution in [0.5, 0.6) is 11.5 Å². The van der Waals surface area contributed by atoms with E-state index in [9.17, 15) is 0 Å². The van der Waals surface area contributed by atoms with Gasteiger partial charge < -0.3 is 19.4 Å². The van der Waals surface area contributed by atoms with Gasteiger partial charge in [-0.1, -0.05) is 17.7 Å². The first-order valence-corrected chi connectivity index (χ1v) is 10.6. The van der Waals surface area contributed by atoms with Crippen molar-refractivity contribution in [3.63, 3.8) is 0 Å². The molecule has 0 radical (unpaired) electrons. The van der Waals surface area contributed by atoms with Crippen LogP contribution in [0.25, 0.3) is 11.3 Å². The molecule has 3 aliphatic rings. The van der Waals surface area contributed by atoms with Crippen LogP contribution in [0.1, 0.15) is 30.0 Å². The molecule has 6 rings (SSSR count). The summed E-state index contributed by atoms with van der Waals surface area (Å²) in [5.41, 5.74) is 5.76. The summed E-state index contributed by atoms with van der Waals surface area (Å²) in [7, 11) is 0. The fourth-order valence-corrected chi connectivity index (χ4v) is 4.62. The lowest BCUT2D eigenvalue weighted by Gasteiger charge is -2.20. The Hall–Kier alpha value is -2.66. The molecule has 1 aromatic heterocycles. The van der Waals surface area contributed by atoms with Crippen LogP contribution in [0.3, 0.4) is 0 Å². The molecule has 0 bridgehead atoms. The SMILES string of the molecule is Clc1ccc2c(c1)NCC2c1c(-c2ccc3c(c2)OCCO3)ncn1CC1CC1. The highest BCUT2D eigenvalue weighted by molar-refractivity contribution is 6.30. The summed E-state index contributed by atoms with van der Waals surface area (Å²) in [6.07, 6.45) is 4.63. The predicted molar refractivity (Wildman–Crippen MR) is 113 cm³/mol. The Balaban J connectivity index is 1.46. The summed E-state index contributed by atoms with van der Waals surface area (Å²) in [5, 5.41) is 4.29. The van der Waals surface area contributed by atoms with Gasteiger partial charge in [0.25, 0.3) is 0 Å². The fraction of sp³-hybridized carbons (Fsp3) is 0.348. The van der Waals surface area contributed by atoms with E-state index in [1.807, 2.05) is 24.5 Å². The van der Waals surface area contributed by atoms with E-state index < -0.39 is 0 Å². The number of aromatic nitrogens is 2. The third-order valence-electron chi connectivity index (χ3n) is 6.06. The minimum Gasteiger partial charge on any atom is -0.486 e. The van der Waals surface area contributed by atoms with E-state index in [2.05, 4.69) is 28.1 Å². The molecule has 148 valence electrons. The molecule has 1 saturated carbocycles. The van der Waals surface area contributed by atoms with Crippen molar-refractivity contribution < 1.29 is 9.47 Å². The first kappa shape index (κ1) is 17.2. The molecule has 1 fully saturated rings. The summed E-state index contributed by atoms with van der Waals surface area (Å²) >= 11 is 6.22. The van der Waals surface area contributed by atoms with Gasteiger partial charge in [0.15, 0.2) is 11.5 Å². The molecular formula is C23H22ClN3O2. The highest BCUT2D eigenvalue weighted by Crippen LogP contribution is 2.43. The van der Waals surface area contributed by atoms with Crippen LogP contribution in [0.2, 0.25) is 5.02 Å². The summed E-state index contributed by atoms with van der Waals surface area (Å²) in [4.78, 5) is 4.86. The van der Waals surface area contributed by atoms with Crippen molar-refractivity contribution in [3.05, 3.63) is 59.0 Å². The van der Waals surface area contributed by atoms with Gasteiger partial charge in [-0.3, -0.25) is 0 Å². The first-order chi connectivity index (χ1) is 14.3. The lowest BCUT2D eigenvalue weighted by molar-refractivity contribution is 0.171. The van der Waals surface area contributed by atoms with Gasteiger partial charge in [0.2, 0.25) is 0 Å². The second-order valence-electron chi connectivity index (χ2n) is 8.10.